The molecule has 0 radical (unpaired) electrons. The van der Waals surface area contributed by atoms with Gasteiger partial charge in [-0.05, 0) is 25.7 Å². The summed E-state index contributed by atoms with van der Waals surface area (Å²) in [5.74, 6) is 0.582. The molecule has 0 spiro atoms. The van der Waals surface area contributed by atoms with E-state index in [9.17, 15) is 4.79 Å². The van der Waals surface area contributed by atoms with Gasteiger partial charge in [-0.25, -0.2) is 0 Å². The number of hydrogen-bond acceptors (Lipinski definition) is 2. The predicted octanol–water partition coefficient (Wildman–Crippen LogP) is 4.86. The van der Waals surface area contributed by atoms with Crippen molar-refractivity contribution in [2.45, 2.75) is 84.0 Å². The summed E-state index contributed by atoms with van der Waals surface area (Å²) in [6.45, 7) is 2.41. The maximum Gasteiger partial charge on any atom is 0.306 e. The molecule has 1 aliphatic rings. The van der Waals surface area contributed by atoms with E-state index in [0.29, 0.717) is 18.9 Å². The first-order valence-corrected chi connectivity index (χ1v) is 7.98. The largest absolute Gasteiger partial charge is 0.466 e. The number of ether oxygens (including phenoxy) is 1. The highest BCUT2D eigenvalue weighted by atomic mass is 16.5. The van der Waals surface area contributed by atoms with Crippen LogP contribution in [0, 0.1) is 5.92 Å². The van der Waals surface area contributed by atoms with E-state index in [1.807, 2.05) is 6.92 Å². The Morgan fingerprint density at radius 2 is 1.33 bits per heavy atom. The van der Waals surface area contributed by atoms with Crippen molar-refractivity contribution in [1.82, 2.24) is 0 Å². The van der Waals surface area contributed by atoms with Crippen molar-refractivity contribution in [2.24, 2.45) is 5.92 Å². The van der Waals surface area contributed by atoms with E-state index in [0.717, 1.165) is 0 Å². The predicted molar refractivity (Wildman–Crippen MR) is 75.5 cm³/mol. The van der Waals surface area contributed by atoms with Gasteiger partial charge in [0.1, 0.15) is 0 Å². The second kappa shape index (κ2) is 10.4. The first-order valence-electron chi connectivity index (χ1n) is 7.98. The zero-order valence-electron chi connectivity index (χ0n) is 12.1. The van der Waals surface area contributed by atoms with E-state index in [1.54, 1.807) is 0 Å². The van der Waals surface area contributed by atoms with Crippen LogP contribution in [-0.4, -0.2) is 12.6 Å². The average molecular weight is 254 g/mol. The van der Waals surface area contributed by atoms with Crippen LogP contribution in [0.3, 0.4) is 0 Å². The molecule has 1 rings (SSSR count). The van der Waals surface area contributed by atoms with Gasteiger partial charge in [-0.3, -0.25) is 4.79 Å². The Bertz CT molecular complexity index is 201. The summed E-state index contributed by atoms with van der Waals surface area (Å²) >= 11 is 0. The van der Waals surface area contributed by atoms with Crippen molar-refractivity contribution in [3.8, 4) is 0 Å². The molecule has 0 aromatic rings. The summed E-state index contributed by atoms with van der Waals surface area (Å²) in [4.78, 5) is 11.6. The van der Waals surface area contributed by atoms with Crippen LogP contribution >= 0.6 is 0 Å². The minimum absolute atomic E-state index is 0.00888. The number of carbonyl (C=O) groups is 1. The van der Waals surface area contributed by atoms with Crippen LogP contribution in [-0.2, 0) is 9.53 Å². The van der Waals surface area contributed by atoms with Crippen molar-refractivity contribution in [2.75, 3.05) is 6.61 Å². The number of carbonyl (C=O) groups excluding carboxylic acids is 1. The van der Waals surface area contributed by atoms with E-state index < -0.39 is 0 Å². The van der Waals surface area contributed by atoms with Gasteiger partial charge in [0.15, 0.2) is 0 Å². The summed E-state index contributed by atoms with van der Waals surface area (Å²) in [5.41, 5.74) is 0. The quantitative estimate of drug-likeness (QED) is 0.672. The van der Waals surface area contributed by atoms with Crippen LogP contribution < -0.4 is 0 Å². The molecule has 0 bridgehead atoms. The van der Waals surface area contributed by atoms with Crippen LogP contribution in [0.15, 0.2) is 0 Å². The summed E-state index contributed by atoms with van der Waals surface area (Å²) in [6, 6.07) is 0. The SMILES string of the molecule is CCOC(=O)CC1CCCCCCCCCCC1. The van der Waals surface area contributed by atoms with Gasteiger partial charge in [-0.2, -0.15) is 0 Å². The van der Waals surface area contributed by atoms with Gasteiger partial charge in [0, 0.05) is 6.42 Å². The van der Waals surface area contributed by atoms with Crippen LogP contribution in [0.1, 0.15) is 84.0 Å². The van der Waals surface area contributed by atoms with E-state index in [1.165, 1.54) is 70.6 Å². The zero-order valence-corrected chi connectivity index (χ0v) is 12.1. The summed E-state index contributed by atoms with van der Waals surface area (Å²) in [5, 5.41) is 0. The molecule has 0 aliphatic heterocycles. The number of esters is 1. The number of hydrogen-bond donors (Lipinski definition) is 0. The molecule has 2 heteroatoms. The van der Waals surface area contributed by atoms with E-state index in [4.69, 9.17) is 4.74 Å². The molecule has 0 aromatic carbocycles. The van der Waals surface area contributed by atoms with Crippen molar-refractivity contribution < 1.29 is 9.53 Å². The van der Waals surface area contributed by atoms with Gasteiger partial charge < -0.3 is 4.74 Å². The molecule has 0 saturated heterocycles. The molecule has 1 aliphatic carbocycles. The van der Waals surface area contributed by atoms with Gasteiger partial charge in [0.25, 0.3) is 0 Å². The van der Waals surface area contributed by atoms with Crippen LogP contribution in [0.5, 0.6) is 0 Å². The number of rotatable bonds is 3. The first kappa shape index (κ1) is 15.5. The lowest BCUT2D eigenvalue weighted by atomic mass is 9.90. The van der Waals surface area contributed by atoms with Crippen molar-refractivity contribution in [1.29, 1.82) is 0 Å². The molecule has 0 heterocycles. The van der Waals surface area contributed by atoms with E-state index in [-0.39, 0.29) is 5.97 Å². The first-order chi connectivity index (χ1) is 8.83. The molecule has 0 aromatic heterocycles. The molecule has 18 heavy (non-hydrogen) atoms. The highest BCUT2D eigenvalue weighted by Crippen LogP contribution is 2.23. The Labute approximate surface area is 112 Å². The molecule has 1 fully saturated rings. The molecule has 1 saturated carbocycles. The minimum Gasteiger partial charge on any atom is -0.466 e. The van der Waals surface area contributed by atoms with Gasteiger partial charge in [0.05, 0.1) is 6.61 Å². The van der Waals surface area contributed by atoms with Crippen molar-refractivity contribution in [3.05, 3.63) is 0 Å². The van der Waals surface area contributed by atoms with Gasteiger partial charge in [0.2, 0.25) is 0 Å². The standard InChI is InChI=1S/C16H30O2/c1-2-18-16(17)14-15-12-10-8-6-4-3-5-7-9-11-13-15/h15H,2-14H2,1H3. The zero-order chi connectivity index (χ0) is 13.1. The molecule has 106 valence electrons. The van der Waals surface area contributed by atoms with Crippen LogP contribution in [0.2, 0.25) is 0 Å². The summed E-state index contributed by atoms with van der Waals surface area (Å²) in [6.07, 6.45) is 15.4. The highest BCUT2D eigenvalue weighted by molar-refractivity contribution is 5.69. The lowest BCUT2D eigenvalue weighted by Gasteiger charge is -2.16. The summed E-state index contributed by atoms with van der Waals surface area (Å²) < 4.78 is 5.08. The van der Waals surface area contributed by atoms with Crippen molar-refractivity contribution in [3.63, 3.8) is 0 Å². The third-order valence-corrected chi connectivity index (χ3v) is 3.99. The van der Waals surface area contributed by atoms with E-state index in [2.05, 4.69) is 0 Å². The Morgan fingerprint density at radius 1 is 0.889 bits per heavy atom. The molecular formula is C16H30O2. The Balaban J connectivity index is 2.29. The Kier molecular flexibility index (Phi) is 8.97. The van der Waals surface area contributed by atoms with Gasteiger partial charge >= 0.3 is 5.97 Å². The van der Waals surface area contributed by atoms with Gasteiger partial charge in [-0.15, -0.1) is 0 Å². The third-order valence-electron chi connectivity index (χ3n) is 3.99. The molecule has 0 N–H and O–H groups in total. The second-order valence-electron chi connectivity index (χ2n) is 5.63. The summed E-state index contributed by atoms with van der Waals surface area (Å²) in [7, 11) is 0. The third kappa shape index (κ3) is 7.73. The Morgan fingerprint density at radius 3 is 1.78 bits per heavy atom. The fourth-order valence-electron chi connectivity index (χ4n) is 2.91. The lowest BCUT2D eigenvalue weighted by molar-refractivity contribution is -0.144. The maximum atomic E-state index is 11.6. The highest BCUT2D eigenvalue weighted by Gasteiger charge is 2.14. The molecular weight excluding hydrogens is 224 g/mol. The molecule has 0 amide bonds. The Hall–Kier alpha value is -0.530. The normalized spacial score (nSPS) is 20.7. The van der Waals surface area contributed by atoms with Gasteiger partial charge in [-0.1, -0.05) is 57.8 Å². The second-order valence-corrected chi connectivity index (χ2v) is 5.63. The average Bonchev–Trinajstić information content (AvgIpc) is 2.33. The molecule has 0 unspecified atom stereocenters. The van der Waals surface area contributed by atoms with Crippen molar-refractivity contribution >= 4 is 5.97 Å². The maximum absolute atomic E-state index is 11.6. The topological polar surface area (TPSA) is 26.3 Å². The molecule has 0 atom stereocenters. The van der Waals surface area contributed by atoms with Crippen LogP contribution in [0.4, 0.5) is 0 Å². The lowest BCUT2D eigenvalue weighted by Crippen LogP contribution is -2.12. The van der Waals surface area contributed by atoms with Crippen LogP contribution in [0.25, 0.3) is 0 Å². The molecule has 2 nitrogen and oxygen atoms in total. The minimum atomic E-state index is 0.00888. The smallest absolute Gasteiger partial charge is 0.306 e. The monoisotopic (exact) mass is 254 g/mol. The van der Waals surface area contributed by atoms with E-state index >= 15 is 0 Å². The fourth-order valence-corrected chi connectivity index (χ4v) is 2.91. The fraction of sp³-hybridized carbons (Fsp3) is 0.938.